The Kier molecular flexibility index (Phi) is 5.78. The standard InChI is InChI=1S/C20H24N2O5/c1-3-26-19(24)16-8-10-21(11-9-16)18(23)13-22-12-17(27-20(22)25)15-6-4-14(2)5-7-15/h4-7,12,16H,3,8-11,13H2,1-2H3. The van der Waals surface area contributed by atoms with Crippen LogP contribution in [-0.4, -0.2) is 41.0 Å². The van der Waals surface area contributed by atoms with E-state index in [2.05, 4.69) is 0 Å². The molecule has 0 atom stereocenters. The van der Waals surface area contributed by atoms with Crippen LogP contribution in [0.25, 0.3) is 11.3 Å². The molecule has 7 heteroatoms. The lowest BCUT2D eigenvalue weighted by Crippen LogP contribution is -2.42. The predicted molar refractivity (Wildman–Crippen MR) is 99.1 cm³/mol. The van der Waals surface area contributed by atoms with E-state index in [0.717, 1.165) is 11.1 Å². The summed E-state index contributed by atoms with van der Waals surface area (Å²) in [7, 11) is 0. The van der Waals surface area contributed by atoms with Gasteiger partial charge in [-0.3, -0.25) is 14.2 Å². The summed E-state index contributed by atoms with van der Waals surface area (Å²) in [6.07, 6.45) is 2.73. The monoisotopic (exact) mass is 372 g/mol. The van der Waals surface area contributed by atoms with Crippen molar-refractivity contribution in [2.24, 2.45) is 5.92 Å². The Morgan fingerprint density at radius 3 is 2.48 bits per heavy atom. The summed E-state index contributed by atoms with van der Waals surface area (Å²) in [5, 5.41) is 0. The van der Waals surface area contributed by atoms with E-state index in [1.54, 1.807) is 18.0 Å². The first-order valence-electron chi connectivity index (χ1n) is 9.19. The van der Waals surface area contributed by atoms with Crippen LogP contribution in [-0.2, 0) is 20.9 Å². The van der Waals surface area contributed by atoms with Crippen molar-refractivity contribution in [2.45, 2.75) is 33.2 Å². The van der Waals surface area contributed by atoms with Gasteiger partial charge in [0.2, 0.25) is 5.91 Å². The van der Waals surface area contributed by atoms with Crippen molar-refractivity contribution >= 4 is 11.9 Å². The summed E-state index contributed by atoms with van der Waals surface area (Å²) in [6, 6.07) is 7.62. The normalized spacial score (nSPS) is 15.0. The zero-order valence-corrected chi connectivity index (χ0v) is 15.6. The maximum absolute atomic E-state index is 12.5. The number of hydrogen-bond donors (Lipinski definition) is 0. The number of aryl methyl sites for hydroxylation is 1. The van der Waals surface area contributed by atoms with Gasteiger partial charge in [0.1, 0.15) is 6.54 Å². The highest BCUT2D eigenvalue weighted by atomic mass is 16.5. The number of carbonyl (C=O) groups excluding carboxylic acids is 2. The van der Waals surface area contributed by atoms with Crippen molar-refractivity contribution in [1.29, 1.82) is 0 Å². The lowest BCUT2D eigenvalue weighted by Gasteiger charge is -2.30. The molecule has 1 aliphatic rings. The number of ether oxygens (including phenoxy) is 1. The second-order valence-electron chi connectivity index (χ2n) is 6.76. The van der Waals surface area contributed by atoms with Crippen LogP contribution in [0.1, 0.15) is 25.3 Å². The van der Waals surface area contributed by atoms with E-state index >= 15 is 0 Å². The number of carbonyl (C=O) groups is 2. The van der Waals surface area contributed by atoms with Gasteiger partial charge >= 0.3 is 11.7 Å². The minimum Gasteiger partial charge on any atom is -0.466 e. The summed E-state index contributed by atoms with van der Waals surface area (Å²) in [6.45, 7) is 5.03. The molecule has 27 heavy (non-hydrogen) atoms. The van der Waals surface area contributed by atoms with Gasteiger partial charge in [-0.25, -0.2) is 4.79 Å². The van der Waals surface area contributed by atoms with Gasteiger partial charge in [0.05, 0.1) is 18.7 Å². The SMILES string of the molecule is CCOC(=O)C1CCN(C(=O)Cn2cc(-c3ccc(C)cc3)oc2=O)CC1. The van der Waals surface area contributed by atoms with E-state index in [1.165, 1.54) is 4.57 Å². The average molecular weight is 372 g/mol. The fourth-order valence-electron chi connectivity index (χ4n) is 3.21. The molecule has 7 nitrogen and oxygen atoms in total. The van der Waals surface area contributed by atoms with E-state index < -0.39 is 5.76 Å². The number of aromatic nitrogens is 1. The summed E-state index contributed by atoms with van der Waals surface area (Å²) in [5.41, 5.74) is 1.90. The van der Waals surface area contributed by atoms with Gasteiger partial charge < -0.3 is 14.1 Å². The van der Waals surface area contributed by atoms with E-state index in [4.69, 9.17) is 9.15 Å². The molecule has 2 aromatic rings. The van der Waals surface area contributed by atoms with Gasteiger partial charge in [-0.2, -0.15) is 0 Å². The molecule has 1 amide bonds. The van der Waals surface area contributed by atoms with Crippen molar-refractivity contribution in [3.8, 4) is 11.3 Å². The highest BCUT2D eigenvalue weighted by Crippen LogP contribution is 2.20. The highest BCUT2D eigenvalue weighted by Gasteiger charge is 2.28. The van der Waals surface area contributed by atoms with Gasteiger partial charge in [0.25, 0.3) is 0 Å². The zero-order valence-electron chi connectivity index (χ0n) is 15.6. The molecule has 0 bridgehead atoms. The van der Waals surface area contributed by atoms with Crippen molar-refractivity contribution in [1.82, 2.24) is 9.47 Å². The van der Waals surface area contributed by atoms with Gasteiger partial charge in [-0.1, -0.05) is 29.8 Å². The van der Waals surface area contributed by atoms with Crippen LogP contribution >= 0.6 is 0 Å². The van der Waals surface area contributed by atoms with Crippen LogP contribution in [0, 0.1) is 12.8 Å². The summed E-state index contributed by atoms with van der Waals surface area (Å²) in [5.74, 6) is -0.623. The highest BCUT2D eigenvalue weighted by molar-refractivity contribution is 5.77. The second-order valence-corrected chi connectivity index (χ2v) is 6.76. The largest absolute Gasteiger partial charge is 0.466 e. The van der Waals surface area contributed by atoms with Crippen molar-refractivity contribution in [3.63, 3.8) is 0 Å². The average Bonchev–Trinajstić information content (AvgIpc) is 3.03. The number of nitrogens with zero attached hydrogens (tertiary/aromatic N) is 2. The van der Waals surface area contributed by atoms with Crippen LogP contribution < -0.4 is 5.76 Å². The van der Waals surface area contributed by atoms with E-state index in [9.17, 15) is 14.4 Å². The Morgan fingerprint density at radius 2 is 1.85 bits per heavy atom. The Bertz CT molecular complexity index is 857. The molecule has 0 saturated carbocycles. The molecular weight excluding hydrogens is 348 g/mol. The lowest BCUT2D eigenvalue weighted by atomic mass is 9.97. The van der Waals surface area contributed by atoms with E-state index in [-0.39, 0.29) is 24.3 Å². The first-order chi connectivity index (χ1) is 13.0. The third-order valence-electron chi connectivity index (χ3n) is 4.81. The third-order valence-corrected chi connectivity index (χ3v) is 4.81. The Balaban J connectivity index is 1.61. The number of rotatable bonds is 5. The molecular formula is C20H24N2O5. The van der Waals surface area contributed by atoms with Gasteiger partial charge in [-0.05, 0) is 26.7 Å². The first-order valence-corrected chi connectivity index (χ1v) is 9.19. The van der Waals surface area contributed by atoms with Crippen molar-refractivity contribution < 1.29 is 18.7 Å². The van der Waals surface area contributed by atoms with Gasteiger partial charge in [0.15, 0.2) is 5.76 Å². The lowest BCUT2D eigenvalue weighted by molar-refractivity contribution is -0.151. The number of esters is 1. The minimum atomic E-state index is -0.555. The van der Waals surface area contributed by atoms with E-state index in [1.807, 2.05) is 31.2 Å². The molecule has 1 aliphatic heterocycles. The molecule has 0 radical (unpaired) electrons. The quantitative estimate of drug-likeness (QED) is 0.752. The number of piperidine rings is 1. The molecule has 2 heterocycles. The minimum absolute atomic E-state index is 0.0712. The van der Waals surface area contributed by atoms with Crippen LogP contribution in [0.15, 0.2) is 39.7 Å². The third kappa shape index (κ3) is 4.48. The van der Waals surface area contributed by atoms with Crippen LogP contribution in [0.4, 0.5) is 0 Å². The molecule has 1 aromatic heterocycles. The molecule has 3 rings (SSSR count). The zero-order chi connectivity index (χ0) is 19.4. The summed E-state index contributed by atoms with van der Waals surface area (Å²) < 4.78 is 11.6. The van der Waals surface area contributed by atoms with Gasteiger partial charge in [-0.15, -0.1) is 0 Å². The molecule has 1 aromatic carbocycles. The number of likely N-dealkylation sites (tertiary alicyclic amines) is 1. The Morgan fingerprint density at radius 1 is 1.19 bits per heavy atom. The number of hydrogen-bond acceptors (Lipinski definition) is 5. The van der Waals surface area contributed by atoms with Gasteiger partial charge in [0, 0.05) is 18.7 Å². The molecule has 0 aliphatic carbocycles. The fraction of sp³-hybridized carbons (Fsp3) is 0.450. The Labute approximate surface area is 157 Å². The van der Waals surface area contributed by atoms with E-state index in [0.29, 0.717) is 38.3 Å². The Hall–Kier alpha value is -2.83. The van der Waals surface area contributed by atoms with Crippen LogP contribution in [0.5, 0.6) is 0 Å². The number of benzene rings is 1. The van der Waals surface area contributed by atoms with Crippen LogP contribution in [0.3, 0.4) is 0 Å². The number of oxazole rings is 1. The van der Waals surface area contributed by atoms with Crippen LogP contribution in [0.2, 0.25) is 0 Å². The molecule has 144 valence electrons. The van der Waals surface area contributed by atoms with Crippen molar-refractivity contribution in [2.75, 3.05) is 19.7 Å². The smallest absolute Gasteiger partial charge is 0.419 e. The van der Waals surface area contributed by atoms with Crippen molar-refractivity contribution in [3.05, 3.63) is 46.6 Å². The molecule has 0 N–H and O–H groups in total. The summed E-state index contributed by atoms with van der Waals surface area (Å²) >= 11 is 0. The fourth-order valence-corrected chi connectivity index (χ4v) is 3.21. The second kappa shape index (κ2) is 8.24. The maximum Gasteiger partial charge on any atom is 0.419 e. The molecule has 1 fully saturated rings. The predicted octanol–water partition coefficient (Wildman–Crippen LogP) is 2.22. The molecule has 0 unspecified atom stereocenters. The first kappa shape index (κ1) is 18.9. The molecule has 1 saturated heterocycles. The maximum atomic E-state index is 12.5. The number of amides is 1. The topological polar surface area (TPSA) is 81.8 Å². The molecule has 0 spiro atoms. The summed E-state index contributed by atoms with van der Waals surface area (Å²) in [4.78, 5) is 38.1.